The fourth-order valence-corrected chi connectivity index (χ4v) is 2.39. The van der Waals surface area contributed by atoms with E-state index in [0.717, 1.165) is 14.8 Å². The van der Waals surface area contributed by atoms with Crippen LogP contribution in [0.4, 0.5) is 5.69 Å². The molecule has 1 aliphatic rings. The second-order valence-electron chi connectivity index (χ2n) is 4.29. The molecular formula is C13H15IN2O. The minimum atomic E-state index is -0.0951. The van der Waals surface area contributed by atoms with Crippen molar-refractivity contribution in [3.05, 3.63) is 39.5 Å². The summed E-state index contributed by atoms with van der Waals surface area (Å²) in [6.07, 6.45) is 4.49. The van der Waals surface area contributed by atoms with Gasteiger partial charge in [-0.05, 0) is 53.6 Å². The summed E-state index contributed by atoms with van der Waals surface area (Å²) in [4.78, 5) is 12.0. The second kappa shape index (κ2) is 5.18. The molecule has 90 valence electrons. The minimum Gasteiger partial charge on any atom is -0.325 e. The highest BCUT2D eigenvalue weighted by Gasteiger charge is 2.23. The van der Waals surface area contributed by atoms with Gasteiger partial charge in [-0.1, -0.05) is 18.2 Å². The first kappa shape index (κ1) is 12.6. The quantitative estimate of drug-likeness (QED) is 0.641. The average molecular weight is 342 g/mol. The lowest BCUT2D eigenvalue weighted by Gasteiger charge is -2.13. The first-order chi connectivity index (χ1) is 8.08. The van der Waals surface area contributed by atoms with Crippen LogP contribution in [0.25, 0.3) is 0 Å². The molecule has 0 radical (unpaired) electrons. The molecule has 0 aromatic heterocycles. The van der Waals surface area contributed by atoms with E-state index in [9.17, 15) is 4.79 Å². The van der Waals surface area contributed by atoms with E-state index in [0.29, 0.717) is 6.42 Å². The molecule has 2 atom stereocenters. The SMILES string of the molecule is Cc1c(I)cccc1NC(=O)C1C=CC(N)C1. The number of carbonyl (C=O) groups is 1. The van der Waals surface area contributed by atoms with Gasteiger partial charge in [0.05, 0.1) is 5.92 Å². The van der Waals surface area contributed by atoms with Crippen LogP contribution < -0.4 is 11.1 Å². The largest absolute Gasteiger partial charge is 0.325 e. The smallest absolute Gasteiger partial charge is 0.231 e. The molecule has 0 spiro atoms. The van der Waals surface area contributed by atoms with Crippen molar-refractivity contribution in [1.29, 1.82) is 0 Å². The van der Waals surface area contributed by atoms with Crippen LogP contribution in [0.3, 0.4) is 0 Å². The maximum absolute atomic E-state index is 12.0. The number of halogens is 1. The zero-order valence-electron chi connectivity index (χ0n) is 9.61. The predicted octanol–water partition coefficient (Wildman–Crippen LogP) is 2.44. The maximum Gasteiger partial charge on any atom is 0.231 e. The number of carbonyl (C=O) groups excluding carboxylic acids is 1. The van der Waals surface area contributed by atoms with Gasteiger partial charge < -0.3 is 11.1 Å². The summed E-state index contributed by atoms with van der Waals surface area (Å²) in [5.74, 6) is -0.0680. The predicted molar refractivity (Wildman–Crippen MR) is 77.7 cm³/mol. The molecule has 0 heterocycles. The Balaban J connectivity index is 2.09. The molecule has 0 saturated heterocycles. The molecule has 2 unspecified atom stereocenters. The van der Waals surface area contributed by atoms with Crippen molar-refractivity contribution in [3.8, 4) is 0 Å². The fourth-order valence-electron chi connectivity index (χ4n) is 1.89. The van der Waals surface area contributed by atoms with Gasteiger partial charge in [0.25, 0.3) is 0 Å². The lowest BCUT2D eigenvalue weighted by molar-refractivity contribution is -0.118. The lowest BCUT2D eigenvalue weighted by atomic mass is 10.1. The molecule has 0 fully saturated rings. The lowest BCUT2D eigenvalue weighted by Crippen LogP contribution is -2.24. The molecule has 0 bridgehead atoms. The summed E-state index contributed by atoms with van der Waals surface area (Å²) in [5, 5.41) is 2.96. The van der Waals surface area contributed by atoms with Gasteiger partial charge in [0.2, 0.25) is 5.91 Å². The van der Waals surface area contributed by atoms with Gasteiger partial charge in [0.1, 0.15) is 0 Å². The van der Waals surface area contributed by atoms with Gasteiger partial charge in [-0.25, -0.2) is 0 Å². The molecule has 4 heteroatoms. The van der Waals surface area contributed by atoms with Gasteiger partial charge in [0, 0.05) is 15.3 Å². The van der Waals surface area contributed by atoms with E-state index in [1.54, 1.807) is 0 Å². The number of hydrogen-bond donors (Lipinski definition) is 2. The van der Waals surface area contributed by atoms with E-state index in [1.165, 1.54) is 0 Å². The number of anilines is 1. The molecule has 3 N–H and O–H groups in total. The molecule has 0 aliphatic heterocycles. The van der Waals surface area contributed by atoms with E-state index in [-0.39, 0.29) is 17.9 Å². The van der Waals surface area contributed by atoms with E-state index in [2.05, 4.69) is 27.9 Å². The summed E-state index contributed by atoms with van der Waals surface area (Å²) in [7, 11) is 0. The normalized spacial score (nSPS) is 22.8. The van der Waals surface area contributed by atoms with Crippen molar-refractivity contribution < 1.29 is 4.79 Å². The molecule has 1 aromatic rings. The van der Waals surface area contributed by atoms with Gasteiger partial charge in [-0.2, -0.15) is 0 Å². The summed E-state index contributed by atoms with van der Waals surface area (Å²) in [6.45, 7) is 2.01. The summed E-state index contributed by atoms with van der Waals surface area (Å²) >= 11 is 2.26. The Hall–Kier alpha value is -0.880. The van der Waals surface area contributed by atoms with Gasteiger partial charge in [0.15, 0.2) is 0 Å². The molecule has 3 nitrogen and oxygen atoms in total. The first-order valence-electron chi connectivity index (χ1n) is 5.58. The molecule has 0 saturated carbocycles. The Morgan fingerprint density at radius 3 is 2.88 bits per heavy atom. The van der Waals surface area contributed by atoms with Crippen molar-refractivity contribution in [3.63, 3.8) is 0 Å². The van der Waals surface area contributed by atoms with E-state index < -0.39 is 0 Å². The van der Waals surface area contributed by atoms with Crippen LogP contribution in [0.1, 0.15) is 12.0 Å². The van der Waals surface area contributed by atoms with Crippen molar-refractivity contribution in [2.45, 2.75) is 19.4 Å². The first-order valence-corrected chi connectivity index (χ1v) is 6.65. The van der Waals surface area contributed by atoms with Crippen LogP contribution in [0.15, 0.2) is 30.4 Å². The fraction of sp³-hybridized carbons (Fsp3) is 0.308. The standard InChI is InChI=1S/C13H15IN2O/c1-8-11(14)3-2-4-12(8)16-13(17)9-5-6-10(15)7-9/h2-6,9-10H,7,15H2,1H3,(H,16,17). The number of nitrogens with one attached hydrogen (secondary N) is 1. The van der Waals surface area contributed by atoms with E-state index in [1.807, 2.05) is 37.3 Å². The zero-order valence-corrected chi connectivity index (χ0v) is 11.8. The van der Waals surface area contributed by atoms with Crippen LogP contribution in [-0.2, 0) is 4.79 Å². The number of benzene rings is 1. The highest BCUT2D eigenvalue weighted by atomic mass is 127. The number of nitrogens with two attached hydrogens (primary N) is 1. The van der Waals surface area contributed by atoms with Crippen molar-refractivity contribution in [2.75, 3.05) is 5.32 Å². The van der Waals surface area contributed by atoms with Gasteiger partial charge in [-0.3, -0.25) is 4.79 Å². The number of hydrogen-bond acceptors (Lipinski definition) is 2. The minimum absolute atomic E-state index is 0.0164. The highest BCUT2D eigenvalue weighted by Crippen LogP contribution is 2.23. The van der Waals surface area contributed by atoms with Gasteiger partial charge in [-0.15, -0.1) is 0 Å². The summed E-state index contributed by atoms with van der Waals surface area (Å²) in [5.41, 5.74) is 7.73. The average Bonchev–Trinajstić information content (AvgIpc) is 2.72. The highest BCUT2D eigenvalue weighted by molar-refractivity contribution is 14.1. The Morgan fingerprint density at radius 1 is 1.47 bits per heavy atom. The number of rotatable bonds is 2. The van der Waals surface area contributed by atoms with Crippen LogP contribution in [0.5, 0.6) is 0 Å². The molecule has 1 aromatic carbocycles. The van der Waals surface area contributed by atoms with Crippen LogP contribution in [0.2, 0.25) is 0 Å². The maximum atomic E-state index is 12.0. The molecule has 1 aliphatic carbocycles. The van der Waals surface area contributed by atoms with Crippen LogP contribution in [-0.4, -0.2) is 11.9 Å². The topological polar surface area (TPSA) is 55.1 Å². The van der Waals surface area contributed by atoms with Crippen LogP contribution in [0, 0.1) is 16.4 Å². The molecule has 17 heavy (non-hydrogen) atoms. The van der Waals surface area contributed by atoms with Crippen molar-refractivity contribution in [1.82, 2.24) is 0 Å². The monoisotopic (exact) mass is 342 g/mol. The molecule has 1 amide bonds. The number of amides is 1. The van der Waals surface area contributed by atoms with Crippen molar-refractivity contribution in [2.24, 2.45) is 11.7 Å². The molecular weight excluding hydrogens is 327 g/mol. The third-order valence-corrected chi connectivity index (χ3v) is 4.15. The van der Waals surface area contributed by atoms with Crippen LogP contribution >= 0.6 is 22.6 Å². The van der Waals surface area contributed by atoms with Gasteiger partial charge >= 0.3 is 0 Å². The Bertz CT molecular complexity index is 470. The van der Waals surface area contributed by atoms with E-state index in [4.69, 9.17) is 5.73 Å². The molecule has 2 rings (SSSR count). The Morgan fingerprint density at radius 2 is 2.24 bits per heavy atom. The van der Waals surface area contributed by atoms with E-state index >= 15 is 0 Å². The summed E-state index contributed by atoms with van der Waals surface area (Å²) in [6, 6.07) is 5.91. The Kier molecular flexibility index (Phi) is 3.83. The summed E-state index contributed by atoms with van der Waals surface area (Å²) < 4.78 is 1.15. The Labute approximate surface area is 115 Å². The zero-order chi connectivity index (χ0) is 12.4. The third-order valence-electron chi connectivity index (χ3n) is 2.98. The second-order valence-corrected chi connectivity index (χ2v) is 5.45. The third kappa shape index (κ3) is 2.87. The van der Waals surface area contributed by atoms with Crippen molar-refractivity contribution >= 4 is 34.2 Å².